The first-order chi connectivity index (χ1) is 8.95. The van der Waals surface area contributed by atoms with Crippen molar-refractivity contribution in [2.75, 3.05) is 0 Å². The number of pyridine rings is 1. The Morgan fingerprint density at radius 1 is 1.42 bits per heavy atom. The van der Waals surface area contributed by atoms with Crippen molar-refractivity contribution in [2.45, 2.75) is 32.2 Å². The molecule has 3 N–H and O–H groups in total. The Morgan fingerprint density at radius 3 is 2.74 bits per heavy atom. The number of nitrogens with one attached hydrogen (secondary N) is 1. The minimum atomic E-state index is -0.475. The smallest absolute Gasteiger partial charge is 0.146 e. The minimum Gasteiger partial charge on any atom is -0.271 e. The van der Waals surface area contributed by atoms with Crippen molar-refractivity contribution < 1.29 is 4.39 Å². The predicted molar refractivity (Wildman–Crippen MR) is 72.0 cm³/mol. The molecule has 1 atom stereocenters. The van der Waals surface area contributed by atoms with Gasteiger partial charge in [0.2, 0.25) is 0 Å². The molecule has 0 spiro atoms. The molecule has 1 unspecified atom stereocenters. The molecule has 0 aromatic carbocycles. The Kier molecular flexibility index (Phi) is 3.88. The molecule has 0 saturated heterocycles. The van der Waals surface area contributed by atoms with E-state index >= 15 is 0 Å². The third-order valence-corrected chi connectivity index (χ3v) is 3.56. The van der Waals surface area contributed by atoms with Crippen molar-refractivity contribution in [2.24, 2.45) is 5.84 Å². The zero-order valence-corrected chi connectivity index (χ0v) is 11.8. The lowest BCUT2D eigenvalue weighted by atomic mass is 9.89. The highest BCUT2D eigenvalue weighted by atomic mass is 32.1. The molecule has 2 aromatic rings. The van der Waals surface area contributed by atoms with Crippen LogP contribution >= 0.6 is 11.5 Å². The van der Waals surface area contributed by atoms with Crippen LogP contribution in [0, 0.1) is 5.82 Å². The van der Waals surface area contributed by atoms with Gasteiger partial charge in [0, 0.05) is 17.2 Å². The molecule has 0 radical (unpaired) electrons. The van der Waals surface area contributed by atoms with Gasteiger partial charge in [0.15, 0.2) is 0 Å². The first kappa shape index (κ1) is 14.0. The Labute approximate surface area is 115 Å². The van der Waals surface area contributed by atoms with Crippen LogP contribution in [0.4, 0.5) is 4.39 Å². The number of hydrogen-bond donors (Lipinski definition) is 2. The summed E-state index contributed by atoms with van der Waals surface area (Å²) in [6.45, 7) is 6.09. The van der Waals surface area contributed by atoms with Crippen LogP contribution in [0.3, 0.4) is 0 Å². The summed E-state index contributed by atoms with van der Waals surface area (Å²) >= 11 is 1.22. The number of hydrogen-bond acceptors (Lipinski definition) is 6. The van der Waals surface area contributed by atoms with E-state index in [1.54, 1.807) is 6.07 Å². The van der Waals surface area contributed by atoms with Crippen molar-refractivity contribution in [3.05, 3.63) is 40.4 Å². The van der Waals surface area contributed by atoms with E-state index in [0.29, 0.717) is 5.56 Å². The standard InChI is InChI=1S/C12H16FN5S/c1-12(2,3)11-10(19-18-17-11)9(16-14)7-4-5-15-6-8(7)13/h4-6,9,16H,14H2,1-3H3. The van der Waals surface area contributed by atoms with Crippen LogP contribution in [-0.4, -0.2) is 14.6 Å². The summed E-state index contributed by atoms with van der Waals surface area (Å²) in [5.74, 6) is 5.19. The zero-order chi connectivity index (χ0) is 14.0. The Morgan fingerprint density at radius 2 is 2.16 bits per heavy atom. The van der Waals surface area contributed by atoms with Crippen LogP contribution < -0.4 is 11.3 Å². The monoisotopic (exact) mass is 281 g/mol. The number of hydrazine groups is 1. The minimum absolute atomic E-state index is 0.180. The van der Waals surface area contributed by atoms with Gasteiger partial charge in [0.1, 0.15) is 5.82 Å². The molecule has 0 amide bonds. The molecule has 0 aliphatic heterocycles. The average Bonchev–Trinajstić information content (AvgIpc) is 2.81. The van der Waals surface area contributed by atoms with Gasteiger partial charge in [-0.2, -0.15) is 0 Å². The number of rotatable bonds is 3. The summed E-state index contributed by atoms with van der Waals surface area (Å²) in [6, 6.07) is 1.13. The van der Waals surface area contributed by atoms with E-state index in [1.165, 1.54) is 23.9 Å². The van der Waals surface area contributed by atoms with Crippen molar-refractivity contribution in [1.29, 1.82) is 0 Å². The van der Waals surface area contributed by atoms with E-state index in [4.69, 9.17) is 5.84 Å². The predicted octanol–water partition coefficient (Wildman–Crippen LogP) is 1.92. The van der Waals surface area contributed by atoms with Crippen LogP contribution in [0.25, 0.3) is 0 Å². The molecular formula is C12H16FN5S. The largest absolute Gasteiger partial charge is 0.271 e. The van der Waals surface area contributed by atoms with E-state index in [2.05, 4.69) is 20.0 Å². The topological polar surface area (TPSA) is 76.7 Å². The highest BCUT2D eigenvalue weighted by Gasteiger charge is 2.28. The summed E-state index contributed by atoms with van der Waals surface area (Å²) in [4.78, 5) is 4.56. The van der Waals surface area contributed by atoms with Gasteiger partial charge in [0.05, 0.1) is 22.8 Å². The average molecular weight is 281 g/mol. The second-order valence-electron chi connectivity index (χ2n) is 5.23. The molecule has 0 saturated carbocycles. The third kappa shape index (κ3) is 2.78. The normalized spacial score (nSPS) is 13.5. The van der Waals surface area contributed by atoms with E-state index in [1.807, 2.05) is 20.8 Å². The molecule has 2 aromatic heterocycles. The number of nitrogens with two attached hydrogens (primary N) is 1. The van der Waals surface area contributed by atoms with Gasteiger partial charge in [0.25, 0.3) is 0 Å². The molecular weight excluding hydrogens is 265 g/mol. The lowest BCUT2D eigenvalue weighted by Crippen LogP contribution is -2.31. The maximum Gasteiger partial charge on any atom is 0.146 e. The molecule has 0 aliphatic carbocycles. The molecule has 19 heavy (non-hydrogen) atoms. The zero-order valence-electron chi connectivity index (χ0n) is 11.0. The summed E-state index contributed by atoms with van der Waals surface area (Å²) in [7, 11) is 0. The Bertz CT molecular complexity index is 563. The fourth-order valence-corrected chi connectivity index (χ4v) is 2.78. The number of nitrogens with zero attached hydrogens (tertiary/aromatic N) is 3. The second-order valence-corrected chi connectivity index (χ2v) is 6.02. The first-order valence-corrected chi connectivity index (χ1v) is 6.60. The molecule has 0 aliphatic rings. The number of aromatic nitrogens is 3. The summed E-state index contributed by atoms with van der Waals surface area (Å²) in [6.07, 6.45) is 2.71. The molecule has 5 nitrogen and oxygen atoms in total. The lowest BCUT2D eigenvalue weighted by Gasteiger charge is -2.21. The highest BCUT2D eigenvalue weighted by Crippen LogP contribution is 2.33. The SMILES string of the molecule is CC(C)(C)c1nnsc1C(NN)c1ccncc1F. The molecule has 7 heteroatoms. The van der Waals surface area contributed by atoms with Gasteiger partial charge in [-0.1, -0.05) is 25.3 Å². The maximum atomic E-state index is 13.9. The maximum absolute atomic E-state index is 13.9. The van der Waals surface area contributed by atoms with E-state index in [9.17, 15) is 4.39 Å². The number of halogens is 1. The van der Waals surface area contributed by atoms with Crippen molar-refractivity contribution in [1.82, 2.24) is 20.0 Å². The van der Waals surface area contributed by atoms with Gasteiger partial charge < -0.3 is 0 Å². The van der Waals surface area contributed by atoms with E-state index < -0.39 is 11.9 Å². The second kappa shape index (κ2) is 5.28. The van der Waals surface area contributed by atoms with Gasteiger partial charge >= 0.3 is 0 Å². The van der Waals surface area contributed by atoms with Crippen LogP contribution in [0.2, 0.25) is 0 Å². The highest BCUT2D eigenvalue weighted by molar-refractivity contribution is 7.05. The first-order valence-electron chi connectivity index (χ1n) is 5.83. The van der Waals surface area contributed by atoms with Crippen LogP contribution in [0.5, 0.6) is 0 Å². The Balaban J connectivity index is 2.50. The summed E-state index contributed by atoms with van der Waals surface area (Å²) < 4.78 is 17.8. The van der Waals surface area contributed by atoms with E-state index in [-0.39, 0.29) is 5.41 Å². The van der Waals surface area contributed by atoms with Crippen LogP contribution in [-0.2, 0) is 5.41 Å². The van der Waals surface area contributed by atoms with E-state index in [0.717, 1.165) is 10.6 Å². The summed E-state index contributed by atoms with van der Waals surface area (Å²) in [5, 5.41) is 4.15. The van der Waals surface area contributed by atoms with Gasteiger partial charge in [-0.15, -0.1) is 5.10 Å². The molecule has 0 bridgehead atoms. The van der Waals surface area contributed by atoms with Gasteiger partial charge in [-0.3, -0.25) is 10.8 Å². The molecule has 2 rings (SSSR count). The lowest BCUT2D eigenvalue weighted by molar-refractivity contribution is 0.527. The molecule has 102 valence electrons. The van der Waals surface area contributed by atoms with Crippen molar-refractivity contribution in [3.63, 3.8) is 0 Å². The quantitative estimate of drug-likeness (QED) is 0.664. The molecule has 2 heterocycles. The van der Waals surface area contributed by atoms with Crippen molar-refractivity contribution in [3.8, 4) is 0 Å². The van der Waals surface area contributed by atoms with Gasteiger partial charge in [-0.05, 0) is 17.6 Å². The fraction of sp³-hybridized carbons (Fsp3) is 0.417. The Hall–Kier alpha value is -1.44. The van der Waals surface area contributed by atoms with Crippen molar-refractivity contribution >= 4 is 11.5 Å². The van der Waals surface area contributed by atoms with Crippen LogP contribution in [0.15, 0.2) is 18.5 Å². The summed E-state index contributed by atoms with van der Waals surface area (Å²) in [5.41, 5.74) is 3.71. The fourth-order valence-electron chi connectivity index (χ4n) is 1.83. The van der Waals surface area contributed by atoms with Crippen LogP contribution in [0.1, 0.15) is 42.9 Å². The van der Waals surface area contributed by atoms with Gasteiger partial charge in [-0.25, -0.2) is 9.82 Å². The molecule has 0 fully saturated rings. The third-order valence-electron chi connectivity index (χ3n) is 2.77.